The van der Waals surface area contributed by atoms with E-state index in [-0.39, 0.29) is 0 Å². The Labute approximate surface area is 114 Å². The monoisotopic (exact) mass is 255 g/mol. The zero-order valence-corrected chi connectivity index (χ0v) is 11.7. The molecule has 1 aliphatic heterocycles. The molecule has 2 heterocycles. The fourth-order valence-electron chi connectivity index (χ4n) is 2.80. The summed E-state index contributed by atoms with van der Waals surface area (Å²) in [6, 6.07) is 8.59. The number of hydrogen-bond acceptors (Lipinski definition) is 2. The highest BCUT2D eigenvalue weighted by atomic mass is 15.1. The summed E-state index contributed by atoms with van der Waals surface area (Å²) in [5.41, 5.74) is 9.72. The van der Waals surface area contributed by atoms with Gasteiger partial charge in [-0.05, 0) is 24.3 Å². The minimum atomic E-state index is 0.694. The summed E-state index contributed by atoms with van der Waals surface area (Å²) < 4.78 is 2.19. The Hall–Kier alpha value is -1.77. The Bertz CT molecular complexity index is 581. The number of anilines is 1. The summed E-state index contributed by atoms with van der Waals surface area (Å²) in [5, 5.41) is 0. The molecule has 1 aromatic heterocycles. The molecule has 0 aliphatic carbocycles. The highest BCUT2D eigenvalue weighted by Gasteiger charge is 2.21. The minimum absolute atomic E-state index is 0.694. The number of nitrogens with zero attached hydrogens (tertiary/aromatic N) is 2. The number of aryl methyl sites for hydroxylation is 2. The predicted molar refractivity (Wildman–Crippen MR) is 78.9 cm³/mol. The summed E-state index contributed by atoms with van der Waals surface area (Å²) >= 11 is 0. The van der Waals surface area contributed by atoms with Crippen molar-refractivity contribution in [3.8, 4) is 11.3 Å². The van der Waals surface area contributed by atoms with E-state index in [0.717, 1.165) is 42.3 Å². The average molecular weight is 255 g/mol. The summed E-state index contributed by atoms with van der Waals surface area (Å²) in [6.07, 6.45) is 3.32. The molecule has 3 nitrogen and oxygen atoms in total. The maximum Gasteiger partial charge on any atom is 0.131 e. The summed E-state index contributed by atoms with van der Waals surface area (Å²) in [5.74, 6) is 2.66. The molecule has 2 N–H and O–H groups in total. The highest BCUT2D eigenvalue weighted by Crippen LogP contribution is 2.31. The Morgan fingerprint density at radius 2 is 2.05 bits per heavy atom. The standard InChI is InChI=1S/C16H21N3/c1-3-12-5-7-13(8-6-12)15-16(17)19-10-11(2)4-9-14(19)18-15/h5-8,11H,3-4,9-10,17H2,1-2H3. The van der Waals surface area contributed by atoms with Crippen LogP contribution in [0, 0.1) is 5.92 Å². The normalized spacial score (nSPS) is 18.3. The second kappa shape index (κ2) is 4.72. The van der Waals surface area contributed by atoms with E-state index < -0.39 is 0 Å². The smallest absolute Gasteiger partial charge is 0.131 e. The van der Waals surface area contributed by atoms with Crippen molar-refractivity contribution in [1.29, 1.82) is 0 Å². The van der Waals surface area contributed by atoms with Gasteiger partial charge in [0.15, 0.2) is 0 Å². The molecule has 3 rings (SSSR count). The van der Waals surface area contributed by atoms with Gasteiger partial charge in [0.2, 0.25) is 0 Å². The quantitative estimate of drug-likeness (QED) is 0.895. The van der Waals surface area contributed by atoms with E-state index in [1.165, 1.54) is 12.0 Å². The van der Waals surface area contributed by atoms with E-state index >= 15 is 0 Å². The first-order valence-electron chi connectivity index (χ1n) is 7.13. The molecule has 0 fully saturated rings. The van der Waals surface area contributed by atoms with Crippen LogP contribution in [0.15, 0.2) is 24.3 Å². The van der Waals surface area contributed by atoms with E-state index in [4.69, 9.17) is 10.7 Å². The van der Waals surface area contributed by atoms with Gasteiger partial charge in [0.05, 0.1) is 0 Å². The van der Waals surface area contributed by atoms with Crippen LogP contribution in [0.2, 0.25) is 0 Å². The predicted octanol–water partition coefficient (Wildman–Crippen LogP) is 3.28. The lowest BCUT2D eigenvalue weighted by molar-refractivity contribution is 0.397. The van der Waals surface area contributed by atoms with Crippen molar-refractivity contribution in [1.82, 2.24) is 9.55 Å². The van der Waals surface area contributed by atoms with Crippen molar-refractivity contribution in [3.05, 3.63) is 35.7 Å². The zero-order chi connectivity index (χ0) is 13.4. The zero-order valence-electron chi connectivity index (χ0n) is 11.7. The molecule has 0 saturated carbocycles. The molecule has 1 atom stereocenters. The highest BCUT2D eigenvalue weighted by molar-refractivity contribution is 5.71. The lowest BCUT2D eigenvalue weighted by atomic mass is 10.0. The SMILES string of the molecule is CCc1ccc(-c2nc3n(c2N)CC(C)CC3)cc1. The molecule has 1 unspecified atom stereocenters. The first-order valence-corrected chi connectivity index (χ1v) is 7.13. The molecule has 0 bridgehead atoms. The molecule has 3 heteroatoms. The molecule has 19 heavy (non-hydrogen) atoms. The van der Waals surface area contributed by atoms with E-state index in [1.54, 1.807) is 0 Å². The minimum Gasteiger partial charge on any atom is -0.383 e. The molecule has 1 aromatic carbocycles. The van der Waals surface area contributed by atoms with Crippen molar-refractivity contribution < 1.29 is 0 Å². The Morgan fingerprint density at radius 3 is 2.74 bits per heavy atom. The van der Waals surface area contributed by atoms with Gasteiger partial charge in [-0.1, -0.05) is 38.1 Å². The topological polar surface area (TPSA) is 43.8 Å². The number of nitrogens with two attached hydrogens (primary N) is 1. The van der Waals surface area contributed by atoms with Crippen LogP contribution in [0.1, 0.15) is 31.7 Å². The van der Waals surface area contributed by atoms with Gasteiger partial charge in [0.1, 0.15) is 17.3 Å². The van der Waals surface area contributed by atoms with E-state index in [1.807, 2.05) is 0 Å². The summed E-state index contributed by atoms with van der Waals surface area (Å²) in [7, 11) is 0. The molecule has 100 valence electrons. The number of rotatable bonds is 2. The molecule has 0 radical (unpaired) electrons. The largest absolute Gasteiger partial charge is 0.383 e. The second-order valence-electron chi connectivity index (χ2n) is 5.57. The van der Waals surface area contributed by atoms with Gasteiger partial charge in [0, 0.05) is 18.5 Å². The van der Waals surface area contributed by atoms with Crippen molar-refractivity contribution >= 4 is 5.82 Å². The van der Waals surface area contributed by atoms with Gasteiger partial charge < -0.3 is 10.3 Å². The van der Waals surface area contributed by atoms with Crippen LogP contribution in [0.4, 0.5) is 5.82 Å². The van der Waals surface area contributed by atoms with E-state index in [9.17, 15) is 0 Å². The number of hydrogen-bond donors (Lipinski definition) is 1. The molecule has 2 aromatic rings. The van der Waals surface area contributed by atoms with Gasteiger partial charge in [-0.3, -0.25) is 0 Å². The molecular formula is C16H21N3. The third-order valence-electron chi connectivity index (χ3n) is 4.08. The Morgan fingerprint density at radius 1 is 1.32 bits per heavy atom. The lowest BCUT2D eigenvalue weighted by Crippen LogP contribution is -2.19. The van der Waals surface area contributed by atoms with Crippen molar-refractivity contribution in [2.45, 2.75) is 39.7 Å². The van der Waals surface area contributed by atoms with Crippen LogP contribution >= 0.6 is 0 Å². The van der Waals surface area contributed by atoms with Gasteiger partial charge in [-0.2, -0.15) is 0 Å². The average Bonchev–Trinajstić information content (AvgIpc) is 2.76. The maximum atomic E-state index is 6.29. The fraction of sp³-hybridized carbons (Fsp3) is 0.438. The summed E-state index contributed by atoms with van der Waals surface area (Å²) in [6.45, 7) is 5.44. The van der Waals surface area contributed by atoms with Crippen LogP contribution in [0.3, 0.4) is 0 Å². The van der Waals surface area contributed by atoms with Crippen molar-refractivity contribution in [3.63, 3.8) is 0 Å². The number of fused-ring (bicyclic) bond motifs is 1. The number of imidazole rings is 1. The van der Waals surface area contributed by atoms with Gasteiger partial charge in [0.25, 0.3) is 0 Å². The molecular weight excluding hydrogens is 234 g/mol. The third-order valence-corrected chi connectivity index (χ3v) is 4.08. The molecule has 0 amide bonds. The first-order chi connectivity index (χ1) is 9.19. The molecule has 1 aliphatic rings. The lowest BCUT2D eigenvalue weighted by Gasteiger charge is -2.20. The van der Waals surface area contributed by atoms with Crippen LogP contribution < -0.4 is 5.73 Å². The van der Waals surface area contributed by atoms with Gasteiger partial charge in [-0.25, -0.2) is 4.98 Å². The first kappa shape index (κ1) is 12.3. The Kier molecular flexibility index (Phi) is 3.05. The maximum absolute atomic E-state index is 6.29. The number of nitrogen functional groups attached to an aromatic ring is 1. The summed E-state index contributed by atoms with van der Waals surface area (Å²) in [4.78, 5) is 4.75. The molecule has 0 saturated heterocycles. The van der Waals surface area contributed by atoms with E-state index in [0.29, 0.717) is 5.92 Å². The molecule has 0 spiro atoms. The van der Waals surface area contributed by atoms with Crippen molar-refractivity contribution in [2.75, 3.05) is 5.73 Å². The number of aromatic nitrogens is 2. The van der Waals surface area contributed by atoms with Gasteiger partial charge >= 0.3 is 0 Å². The van der Waals surface area contributed by atoms with Crippen LogP contribution in [0.5, 0.6) is 0 Å². The van der Waals surface area contributed by atoms with Gasteiger partial charge in [-0.15, -0.1) is 0 Å². The third kappa shape index (κ3) is 2.14. The van der Waals surface area contributed by atoms with Crippen LogP contribution in [-0.4, -0.2) is 9.55 Å². The second-order valence-corrected chi connectivity index (χ2v) is 5.57. The van der Waals surface area contributed by atoms with Crippen molar-refractivity contribution in [2.24, 2.45) is 5.92 Å². The number of benzene rings is 1. The Balaban J connectivity index is 2.01. The van der Waals surface area contributed by atoms with Crippen LogP contribution in [0.25, 0.3) is 11.3 Å². The van der Waals surface area contributed by atoms with Crippen LogP contribution in [-0.2, 0) is 19.4 Å². The fourth-order valence-corrected chi connectivity index (χ4v) is 2.80. The van der Waals surface area contributed by atoms with E-state index in [2.05, 4.69) is 42.7 Å².